The summed E-state index contributed by atoms with van der Waals surface area (Å²) in [6, 6.07) is 13.6. The third-order valence-corrected chi connectivity index (χ3v) is 4.39. The van der Waals surface area contributed by atoms with Gasteiger partial charge >= 0.3 is 12.1 Å². The Hall–Kier alpha value is -2.93. The monoisotopic (exact) mass is 387 g/mol. The summed E-state index contributed by atoms with van der Waals surface area (Å²) in [4.78, 5) is 25.6. The Kier molecular flexibility index (Phi) is 6.60. The topological polar surface area (TPSA) is 65.1 Å². The summed E-state index contributed by atoms with van der Waals surface area (Å²) >= 11 is 0. The summed E-state index contributed by atoms with van der Waals surface area (Å²) in [6.07, 6.45) is -0.940. The quantitative estimate of drug-likeness (QED) is 0.732. The molecule has 1 aliphatic heterocycles. The van der Waals surface area contributed by atoms with Crippen molar-refractivity contribution in [1.82, 2.24) is 4.90 Å². The van der Waals surface area contributed by atoms with Gasteiger partial charge in [-0.15, -0.1) is 0 Å². The number of nitrogens with zero attached hydrogens (tertiary/aromatic N) is 1. The molecule has 0 saturated carbocycles. The van der Waals surface area contributed by atoms with Crippen LogP contribution in [-0.4, -0.2) is 43.3 Å². The van der Waals surface area contributed by atoms with Crippen LogP contribution in [0.5, 0.6) is 0 Å². The molecule has 0 bridgehead atoms. The molecule has 1 heterocycles. The minimum atomic E-state index is -0.706. The van der Waals surface area contributed by atoms with E-state index in [-0.39, 0.29) is 25.3 Å². The maximum Gasteiger partial charge on any atom is 0.410 e. The number of morpholine rings is 1. The highest BCUT2D eigenvalue weighted by Crippen LogP contribution is 2.25. The SMILES string of the molecule is CCOC(=O)c1ccc(C2CN(C(=O)OCc3ccccc3)CCO2)cc1F. The normalized spacial score (nSPS) is 16.5. The van der Waals surface area contributed by atoms with Gasteiger partial charge in [-0.2, -0.15) is 0 Å². The van der Waals surface area contributed by atoms with Gasteiger partial charge in [-0.25, -0.2) is 14.0 Å². The van der Waals surface area contributed by atoms with Crippen LogP contribution in [-0.2, 0) is 20.8 Å². The molecule has 0 aromatic heterocycles. The second-order valence-corrected chi connectivity index (χ2v) is 6.31. The number of hydrogen-bond acceptors (Lipinski definition) is 5. The molecule has 1 atom stereocenters. The highest BCUT2D eigenvalue weighted by molar-refractivity contribution is 5.89. The Morgan fingerprint density at radius 1 is 1.18 bits per heavy atom. The van der Waals surface area contributed by atoms with E-state index in [1.165, 1.54) is 17.0 Å². The summed E-state index contributed by atoms with van der Waals surface area (Å²) in [7, 11) is 0. The van der Waals surface area contributed by atoms with Crippen molar-refractivity contribution in [3.63, 3.8) is 0 Å². The lowest BCUT2D eigenvalue weighted by atomic mass is 10.0. The standard InChI is InChI=1S/C21H22FNO5/c1-2-26-20(24)17-9-8-16(12-18(17)22)19-13-23(10-11-27-19)21(25)28-14-15-6-4-3-5-7-15/h3-9,12,19H,2,10-11,13-14H2,1H3. The average Bonchev–Trinajstić information content (AvgIpc) is 2.73. The van der Waals surface area contributed by atoms with Crippen LogP contribution < -0.4 is 0 Å². The molecular weight excluding hydrogens is 365 g/mol. The van der Waals surface area contributed by atoms with E-state index in [2.05, 4.69) is 0 Å². The Labute approximate surface area is 162 Å². The molecule has 1 fully saturated rings. The second kappa shape index (κ2) is 9.32. The summed E-state index contributed by atoms with van der Waals surface area (Å²) in [6.45, 7) is 2.97. The molecule has 2 aromatic carbocycles. The Morgan fingerprint density at radius 2 is 1.96 bits per heavy atom. The predicted octanol–water partition coefficient (Wildman–Crippen LogP) is 3.71. The van der Waals surface area contributed by atoms with Crippen LogP contribution in [0.1, 0.15) is 34.5 Å². The molecule has 1 aliphatic rings. The largest absolute Gasteiger partial charge is 0.462 e. The maximum absolute atomic E-state index is 14.3. The second-order valence-electron chi connectivity index (χ2n) is 6.31. The number of rotatable bonds is 5. The zero-order valence-electron chi connectivity index (χ0n) is 15.6. The van der Waals surface area contributed by atoms with Gasteiger partial charge < -0.3 is 19.1 Å². The summed E-state index contributed by atoms with van der Waals surface area (Å²) < 4.78 is 30.1. The Balaban J connectivity index is 1.62. The van der Waals surface area contributed by atoms with Crippen molar-refractivity contribution >= 4 is 12.1 Å². The zero-order valence-corrected chi connectivity index (χ0v) is 15.6. The van der Waals surface area contributed by atoms with Gasteiger partial charge in [-0.05, 0) is 30.2 Å². The van der Waals surface area contributed by atoms with Crippen molar-refractivity contribution in [2.24, 2.45) is 0 Å². The van der Waals surface area contributed by atoms with Crippen LogP contribution in [0, 0.1) is 5.82 Å². The van der Waals surface area contributed by atoms with Crippen LogP contribution in [0.15, 0.2) is 48.5 Å². The fourth-order valence-electron chi connectivity index (χ4n) is 2.93. The lowest BCUT2D eigenvalue weighted by Crippen LogP contribution is -2.42. The first-order chi connectivity index (χ1) is 13.6. The minimum Gasteiger partial charge on any atom is -0.462 e. The Bertz CT molecular complexity index is 827. The number of esters is 1. The van der Waals surface area contributed by atoms with Crippen molar-refractivity contribution in [3.05, 3.63) is 71.0 Å². The van der Waals surface area contributed by atoms with Gasteiger partial charge in [-0.3, -0.25) is 0 Å². The number of ether oxygens (including phenoxy) is 3. The fraction of sp³-hybridized carbons (Fsp3) is 0.333. The van der Waals surface area contributed by atoms with E-state index in [1.807, 2.05) is 30.3 Å². The van der Waals surface area contributed by atoms with E-state index in [0.717, 1.165) is 5.56 Å². The van der Waals surface area contributed by atoms with Crippen molar-refractivity contribution in [2.45, 2.75) is 19.6 Å². The molecule has 3 rings (SSSR count). The number of benzene rings is 2. The predicted molar refractivity (Wildman–Crippen MR) is 99.2 cm³/mol. The number of halogens is 1. The van der Waals surface area contributed by atoms with Crippen LogP contribution >= 0.6 is 0 Å². The number of hydrogen-bond donors (Lipinski definition) is 0. The first kappa shape index (κ1) is 19.8. The van der Waals surface area contributed by atoms with Gasteiger partial charge in [0.25, 0.3) is 0 Å². The molecule has 148 valence electrons. The van der Waals surface area contributed by atoms with Gasteiger partial charge in [0.1, 0.15) is 18.5 Å². The van der Waals surface area contributed by atoms with Crippen LogP contribution in [0.25, 0.3) is 0 Å². The number of amides is 1. The molecule has 1 unspecified atom stereocenters. The lowest BCUT2D eigenvalue weighted by Gasteiger charge is -2.32. The molecule has 0 aliphatic carbocycles. The van der Waals surface area contributed by atoms with E-state index < -0.39 is 24.0 Å². The van der Waals surface area contributed by atoms with Crippen LogP contribution in [0.4, 0.5) is 9.18 Å². The molecule has 1 amide bonds. The number of carbonyl (C=O) groups is 2. The van der Waals surface area contributed by atoms with Gasteiger partial charge in [0.05, 0.1) is 25.3 Å². The molecule has 7 heteroatoms. The lowest BCUT2D eigenvalue weighted by molar-refractivity contribution is -0.0297. The molecule has 1 saturated heterocycles. The smallest absolute Gasteiger partial charge is 0.410 e. The van der Waals surface area contributed by atoms with Crippen LogP contribution in [0.3, 0.4) is 0 Å². The van der Waals surface area contributed by atoms with E-state index in [0.29, 0.717) is 18.7 Å². The van der Waals surface area contributed by atoms with E-state index >= 15 is 0 Å². The van der Waals surface area contributed by atoms with E-state index in [9.17, 15) is 14.0 Å². The summed E-state index contributed by atoms with van der Waals surface area (Å²) in [5.41, 5.74) is 1.32. The first-order valence-corrected chi connectivity index (χ1v) is 9.12. The minimum absolute atomic E-state index is 0.125. The van der Waals surface area contributed by atoms with Gasteiger partial charge in [-0.1, -0.05) is 36.4 Å². The van der Waals surface area contributed by atoms with E-state index in [4.69, 9.17) is 14.2 Å². The maximum atomic E-state index is 14.3. The van der Waals surface area contributed by atoms with Crippen molar-refractivity contribution < 1.29 is 28.2 Å². The molecule has 2 aromatic rings. The summed E-state index contributed by atoms with van der Waals surface area (Å²) in [5.74, 6) is -1.38. The van der Waals surface area contributed by atoms with Gasteiger partial charge in [0, 0.05) is 6.54 Å². The third kappa shape index (κ3) is 4.86. The fourth-order valence-corrected chi connectivity index (χ4v) is 2.93. The molecule has 28 heavy (non-hydrogen) atoms. The molecule has 0 N–H and O–H groups in total. The van der Waals surface area contributed by atoms with Crippen LogP contribution in [0.2, 0.25) is 0 Å². The van der Waals surface area contributed by atoms with Gasteiger partial charge in [0.15, 0.2) is 0 Å². The Morgan fingerprint density at radius 3 is 2.68 bits per heavy atom. The molecule has 0 radical (unpaired) electrons. The van der Waals surface area contributed by atoms with Crippen molar-refractivity contribution in [2.75, 3.05) is 26.3 Å². The molecule has 0 spiro atoms. The molecular formula is C21H22FNO5. The van der Waals surface area contributed by atoms with Crippen molar-refractivity contribution in [3.8, 4) is 0 Å². The third-order valence-electron chi connectivity index (χ3n) is 4.39. The van der Waals surface area contributed by atoms with Gasteiger partial charge in [0.2, 0.25) is 0 Å². The number of carbonyl (C=O) groups excluding carboxylic acids is 2. The highest BCUT2D eigenvalue weighted by Gasteiger charge is 2.27. The summed E-state index contributed by atoms with van der Waals surface area (Å²) in [5, 5.41) is 0. The van der Waals surface area contributed by atoms with Crippen molar-refractivity contribution in [1.29, 1.82) is 0 Å². The zero-order chi connectivity index (χ0) is 19.9. The highest BCUT2D eigenvalue weighted by atomic mass is 19.1. The first-order valence-electron chi connectivity index (χ1n) is 9.12. The molecule has 6 nitrogen and oxygen atoms in total. The average molecular weight is 387 g/mol. The van der Waals surface area contributed by atoms with E-state index in [1.54, 1.807) is 13.0 Å².